The Morgan fingerprint density at radius 3 is 1.85 bits per heavy atom. The van der Waals surface area contributed by atoms with Crippen LogP contribution in [0.25, 0.3) is 0 Å². The molecule has 2 aliphatic rings. The molecule has 0 amide bonds. The third-order valence-electron chi connectivity index (χ3n) is 3.33. The molecule has 0 aromatic heterocycles. The van der Waals surface area contributed by atoms with Gasteiger partial charge in [0.1, 0.15) is 0 Å². The zero-order valence-electron chi connectivity index (χ0n) is 9.36. The zero-order chi connectivity index (χ0) is 9.57. The summed E-state index contributed by atoms with van der Waals surface area (Å²) in [6, 6.07) is 0. The number of nitrogens with one attached hydrogen (secondary N) is 1. The molecule has 0 radical (unpaired) electrons. The van der Waals surface area contributed by atoms with Crippen molar-refractivity contribution in [2.45, 2.75) is 58.8 Å². The van der Waals surface area contributed by atoms with Crippen LogP contribution in [0.4, 0.5) is 0 Å². The van der Waals surface area contributed by atoms with E-state index in [0.29, 0.717) is 0 Å². The fraction of sp³-hybridized carbons (Fsp3) is 1.00. The minimum absolute atomic E-state index is 0.811. The van der Waals surface area contributed by atoms with Gasteiger partial charge in [0.2, 0.25) is 0 Å². The van der Waals surface area contributed by atoms with Crippen molar-refractivity contribution in [3.8, 4) is 0 Å². The molecule has 2 fully saturated rings. The largest absolute Gasteiger partial charge is 0.317 e. The fourth-order valence-electron chi connectivity index (χ4n) is 2.58. The van der Waals surface area contributed by atoms with Gasteiger partial charge in [-0.15, -0.1) is 0 Å². The molecule has 0 aromatic carbocycles. The summed E-state index contributed by atoms with van der Waals surface area (Å²) in [6.45, 7) is 6.81. The Balaban J connectivity index is 0.000000251. The Kier molecular flexibility index (Phi) is 4.79. The van der Waals surface area contributed by atoms with Gasteiger partial charge < -0.3 is 5.32 Å². The van der Waals surface area contributed by atoms with Crippen LogP contribution in [-0.2, 0) is 0 Å². The van der Waals surface area contributed by atoms with Gasteiger partial charge in [0.05, 0.1) is 0 Å². The van der Waals surface area contributed by atoms with Gasteiger partial charge in [-0.1, -0.05) is 33.1 Å². The van der Waals surface area contributed by atoms with Crippen molar-refractivity contribution in [1.29, 1.82) is 0 Å². The van der Waals surface area contributed by atoms with E-state index < -0.39 is 0 Å². The van der Waals surface area contributed by atoms with Gasteiger partial charge in [0.15, 0.2) is 0 Å². The average Bonchev–Trinajstić information content (AvgIpc) is 2.56. The molecule has 78 valence electrons. The molecule has 13 heavy (non-hydrogen) atoms. The van der Waals surface area contributed by atoms with Gasteiger partial charge in [-0.2, -0.15) is 0 Å². The first-order chi connectivity index (χ1) is 6.33. The lowest BCUT2D eigenvalue weighted by Gasteiger charge is -2.33. The molecule has 1 nitrogen and oxygen atoms in total. The van der Waals surface area contributed by atoms with Crippen molar-refractivity contribution in [3.05, 3.63) is 0 Å². The third kappa shape index (κ3) is 3.30. The maximum Gasteiger partial charge on any atom is -0.00436 e. The monoisotopic (exact) mass is 183 g/mol. The van der Waals surface area contributed by atoms with Gasteiger partial charge in [-0.25, -0.2) is 0 Å². The van der Waals surface area contributed by atoms with Crippen molar-refractivity contribution in [3.63, 3.8) is 0 Å². The Morgan fingerprint density at radius 2 is 1.38 bits per heavy atom. The highest BCUT2D eigenvalue weighted by atomic mass is 14.9. The Bertz CT molecular complexity index is 117. The SMILES string of the molecule is C1CCC2(C1)CCNCC2.CCC. The fourth-order valence-corrected chi connectivity index (χ4v) is 2.58. The first-order valence-corrected chi connectivity index (χ1v) is 6.04. The summed E-state index contributed by atoms with van der Waals surface area (Å²) in [7, 11) is 0. The molecule has 1 N–H and O–H groups in total. The van der Waals surface area contributed by atoms with Crippen molar-refractivity contribution in [2.75, 3.05) is 13.1 Å². The average molecular weight is 183 g/mol. The van der Waals surface area contributed by atoms with E-state index in [2.05, 4.69) is 19.2 Å². The number of hydrogen-bond acceptors (Lipinski definition) is 1. The van der Waals surface area contributed by atoms with E-state index in [9.17, 15) is 0 Å². The minimum atomic E-state index is 0.811. The minimum Gasteiger partial charge on any atom is -0.317 e. The Labute approximate surface area is 83.3 Å². The Hall–Kier alpha value is -0.0400. The van der Waals surface area contributed by atoms with E-state index in [-0.39, 0.29) is 0 Å². The summed E-state index contributed by atoms with van der Waals surface area (Å²) < 4.78 is 0. The number of hydrogen-bond donors (Lipinski definition) is 1. The summed E-state index contributed by atoms with van der Waals surface area (Å²) in [6.07, 6.45) is 10.2. The maximum absolute atomic E-state index is 3.44. The summed E-state index contributed by atoms with van der Waals surface area (Å²) in [5.74, 6) is 0. The van der Waals surface area contributed by atoms with Gasteiger partial charge in [-0.05, 0) is 44.2 Å². The van der Waals surface area contributed by atoms with Crippen LogP contribution in [0.5, 0.6) is 0 Å². The van der Waals surface area contributed by atoms with E-state index in [1.165, 1.54) is 58.0 Å². The number of piperidine rings is 1. The standard InChI is InChI=1S/C9H17N.C3H8/c1-2-4-9(3-1)5-7-10-8-6-9;1-3-2/h10H,1-8H2;3H2,1-2H3. The first kappa shape index (κ1) is 11.0. The second-order valence-electron chi connectivity index (χ2n) is 4.66. The van der Waals surface area contributed by atoms with Crippen LogP contribution in [-0.4, -0.2) is 13.1 Å². The molecular weight excluding hydrogens is 158 g/mol. The van der Waals surface area contributed by atoms with E-state index >= 15 is 0 Å². The quantitative estimate of drug-likeness (QED) is 0.607. The molecule has 1 spiro atoms. The van der Waals surface area contributed by atoms with Crippen molar-refractivity contribution >= 4 is 0 Å². The normalized spacial score (nSPS) is 25.4. The molecule has 0 atom stereocenters. The highest BCUT2D eigenvalue weighted by Gasteiger charge is 2.34. The van der Waals surface area contributed by atoms with Crippen LogP contribution in [0, 0.1) is 5.41 Å². The van der Waals surface area contributed by atoms with Crippen LogP contribution in [0.1, 0.15) is 58.8 Å². The van der Waals surface area contributed by atoms with Crippen molar-refractivity contribution in [2.24, 2.45) is 5.41 Å². The van der Waals surface area contributed by atoms with E-state index in [4.69, 9.17) is 0 Å². The lowest BCUT2D eigenvalue weighted by molar-refractivity contribution is 0.210. The van der Waals surface area contributed by atoms with Crippen molar-refractivity contribution in [1.82, 2.24) is 5.32 Å². The molecule has 0 bridgehead atoms. The second kappa shape index (κ2) is 5.64. The van der Waals surface area contributed by atoms with E-state index in [1.54, 1.807) is 0 Å². The molecule has 1 heteroatoms. The topological polar surface area (TPSA) is 12.0 Å². The smallest absolute Gasteiger partial charge is 0.00436 e. The highest BCUT2D eigenvalue weighted by Crippen LogP contribution is 2.44. The molecular formula is C12H25N. The second-order valence-corrected chi connectivity index (χ2v) is 4.66. The van der Waals surface area contributed by atoms with Crippen LogP contribution in [0.3, 0.4) is 0 Å². The van der Waals surface area contributed by atoms with Gasteiger partial charge in [0, 0.05) is 0 Å². The molecule has 1 aliphatic heterocycles. The molecule has 1 saturated carbocycles. The van der Waals surface area contributed by atoms with E-state index in [1.807, 2.05) is 0 Å². The van der Waals surface area contributed by atoms with Crippen LogP contribution >= 0.6 is 0 Å². The molecule has 1 saturated heterocycles. The maximum atomic E-state index is 3.44. The molecule has 0 unspecified atom stereocenters. The first-order valence-electron chi connectivity index (χ1n) is 6.04. The molecule has 0 aromatic rings. The highest BCUT2D eigenvalue weighted by molar-refractivity contribution is 4.88. The molecule has 2 rings (SSSR count). The molecule has 1 heterocycles. The van der Waals surface area contributed by atoms with Crippen molar-refractivity contribution < 1.29 is 0 Å². The lowest BCUT2D eigenvalue weighted by atomic mass is 9.78. The van der Waals surface area contributed by atoms with Crippen LogP contribution in [0.2, 0.25) is 0 Å². The number of rotatable bonds is 0. The zero-order valence-corrected chi connectivity index (χ0v) is 9.36. The lowest BCUT2D eigenvalue weighted by Crippen LogP contribution is -2.34. The Morgan fingerprint density at radius 1 is 0.923 bits per heavy atom. The summed E-state index contributed by atoms with van der Waals surface area (Å²) in [5, 5.41) is 3.44. The summed E-state index contributed by atoms with van der Waals surface area (Å²) in [4.78, 5) is 0. The van der Waals surface area contributed by atoms with Gasteiger partial charge in [0.25, 0.3) is 0 Å². The van der Waals surface area contributed by atoms with Gasteiger partial charge >= 0.3 is 0 Å². The predicted molar refractivity (Wildman–Crippen MR) is 59.0 cm³/mol. The molecule has 1 aliphatic carbocycles. The third-order valence-corrected chi connectivity index (χ3v) is 3.33. The summed E-state index contributed by atoms with van der Waals surface area (Å²) in [5.41, 5.74) is 0.811. The summed E-state index contributed by atoms with van der Waals surface area (Å²) >= 11 is 0. The van der Waals surface area contributed by atoms with E-state index in [0.717, 1.165) is 5.41 Å². The predicted octanol–water partition coefficient (Wildman–Crippen LogP) is 3.35. The van der Waals surface area contributed by atoms with Crippen LogP contribution in [0.15, 0.2) is 0 Å². The van der Waals surface area contributed by atoms with Gasteiger partial charge in [-0.3, -0.25) is 0 Å². The van der Waals surface area contributed by atoms with Crippen LogP contribution < -0.4 is 5.32 Å².